The molecule has 1 rings (SSSR count). The summed E-state index contributed by atoms with van der Waals surface area (Å²) in [6.45, 7) is 5.45. The molecule has 5 heteroatoms. The third-order valence-electron chi connectivity index (χ3n) is 2.50. The summed E-state index contributed by atoms with van der Waals surface area (Å²) in [6.07, 6.45) is 1.81. The SMILES string of the molecule is CC(C)OCCN(C)C(=O)c1ccc(CN)cn1. The van der Waals surface area contributed by atoms with Crippen molar-refractivity contribution >= 4 is 5.91 Å². The van der Waals surface area contributed by atoms with E-state index in [2.05, 4.69) is 4.98 Å². The van der Waals surface area contributed by atoms with E-state index in [9.17, 15) is 4.79 Å². The Balaban J connectivity index is 2.51. The number of carbonyl (C=O) groups excluding carboxylic acids is 1. The zero-order chi connectivity index (χ0) is 13.5. The van der Waals surface area contributed by atoms with Gasteiger partial charge in [-0.15, -0.1) is 0 Å². The fraction of sp³-hybridized carbons (Fsp3) is 0.538. The number of likely N-dealkylation sites (N-methyl/N-ethyl adjacent to an activating group) is 1. The molecule has 0 atom stereocenters. The zero-order valence-corrected chi connectivity index (χ0v) is 11.2. The summed E-state index contributed by atoms with van der Waals surface area (Å²) < 4.78 is 5.40. The number of rotatable bonds is 6. The average molecular weight is 251 g/mol. The summed E-state index contributed by atoms with van der Waals surface area (Å²) in [7, 11) is 1.74. The molecule has 0 fully saturated rings. The minimum absolute atomic E-state index is 0.106. The van der Waals surface area contributed by atoms with Crippen molar-refractivity contribution in [1.82, 2.24) is 9.88 Å². The quantitative estimate of drug-likeness (QED) is 0.820. The van der Waals surface area contributed by atoms with E-state index in [0.29, 0.717) is 25.4 Å². The number of nitrogens with zero attached hydrogens (tertiary/aromatic N) is 2. The van der Waals surface area contributed by atoms with Gasteiger partial charge in [0, 0.05) is 26.3 Å². The molecule has 0 spiro atoms. The van der Waals surface area contributed by atoms with Crippen LogP contribution in [0.2, 0.25) is 0 Å². The van der Waals surface area contributed by atoms with Crippen LogP contribution in [0.3, 0.4) is 0 Å². The van der Waals surface area contributed by atoms with Gasteiger partial charge in [0.15, 0.2) is 0 Å². The minimum atomic E-state index is -0.106. The first kappa shape index (κ1) is 14.6. The Bertz CT molecular complexity index is 376. The maximum absolute atomic E-state index is 12.0. The Morgan fingerprint density at radius 3 is 2.72 bits per heavy atom. The van der Waals surface area contributed by atoms with Crippen molar-refractivity contribution < 1.29 is 9.53 Å². The summed E-state index contributed by atoms with van der Waals surface area (Å²) in [5, 5.41) is 0. The van der Waals surface area contributed by atoms with Crippen molar-refractivity contribution in [1.29, 1.82) is 0 Å². The Morgan fingerprint density at radius 2 is 2.22 bits per heavy atom. The molecule has 5 nitrogen and oxygen atoms in total. The van der Waals surface area contributed by atoms with Gasteiger partial charge in [-0.3, -0.25) is 9.78 Å². The molecule has 18 heavy (non-hydrogen) atoms. The first-order chi connectivity index (χ1) is 8.54. The molecule has 0 saturated heterocycles. The molecular formula is C13H21N3O2. The standard InChI is InChI=1S/C13H21N3O2/c1-10(2)18-7-6-16(3)13(17)12-5-4-11(8-14)9-15-12/h4-5,9-10H,6-8,14H2,1-3H3. The molecular weight excluding hydrogens is 230 g/mol. The molecule has 1 aromatic rings. The number of hydrogen-bond acceptors (Lipinski definition) is 4. The van der Waals surface area contributed by atoms with Gasteiger partial charge in [0.1, 0.15) is 5.69 Å². The molecule has 0 aliphatic heterocycles. The van der Waals surface area contributed by atoms with Gasteiger partial charge in [-0.1, -0.05) is 6.07 Å². The smallest absolute Gasteiger partial charge is 0.272 e. The van der Waals surface area contributed by atoms with E-state index in [1.165, 1.54) is 0 Å². The number of carbonyl (C=O) groups is 1. The lowest BCUT2D eigenvalue weighted by molar-refractivity contribution is 0.0529. The normalized spacial score (nSPS) is 10.7. The van der Waals surface area contributed by atoms with Crippen LogP contribution in [-0.4, -0.2) is 42.1 Å². The van der Waals surface area contributed by atoms with Gasteiger partial charge in [-0.2, -0.15) is 0 Å². The summed E-state index contributed by atoms with van der Waals surface area (Å²) >= 11 is 0. The Hall–Kier alpha value is -1.46. The monoisotopic (exact) mass is 251 g/mol. The molecule has 0 bridgehead atoms. The largest absolute Gasteiger partial charge is 0.377 e. The first-order valence-corrected chi connectivity index (χ1v) is 6.06. The highest BCUT2D eigenvalue weighted by Crippen LogP contribution is 2.03. The molecule has 0 aromatic carbocycles. The van der Waals surface area contributed by atoms with Crippen LogP contribution in [0.1, 0.15) is 29.9 Å². The topological polar surface area (TPSA) is 68.5 Å². The second-order valence-corrected chi connectivity index (χ2v) is 4.40. The van der Waals surface area contributed by atoms with Gasteiger partial charge in [0.2, 0.25) is 0 Å². The lowest BCUT2D eigenvalue weighted by Crippen LogP contribution is -2.31. The number of hydrogen-bond donors (Lipinski definition) is 1. The van der Waals surface area contributed by atoms with Crippen LogP contribution < -0.4 is 5.73 Å². The van der Waals surface area contributed by atoms with Crippen molar-refractivity contribution in [3.63, 3.8) is 0 Å². The van der Waals surface area contributed by atoms with Crippen LogP contribution in [0.15, 0.2) is 18.3 Å². The molecule has 0 aliphatic rings. The molecule has 0 radical (unpaired) electrons. The van der Waals surface area contributed by atoms with E-state index >= 15 is 0 Å². The van der Waals surface area contributed by atoms with E-state index in [4.69, 9.17) is 10.5 Å². The average Bonchev–Trinajstić information content (AvgIpc) is 2.37. The van der Waals surface area contributed by atoms with Gasteiger partial charge in [-0.05, 0) is 25.5 Å². The number of nitrogens with two attached hydrogens (primary N) is 1. The molecule has 0 saturated carbocycles. The lowest BCUT2D eigenvalue weighted by Gasteiger charge is -2.17. The number of aromatic nitrogens is 1. The highest BCUT2D eigenvalue weighted by Gasteiger charge is 2.12. The predicted octanol–water partition coefficient (Wildman–Crippen LogP) is 1.04. The van der Waals surface area contributed by atoms with Crippen LogP contribution in [-0.2, 0) is 11.3 Å². The maximum atomic E-state index is 12.0. The Kier molecular flexibility index (Phi) is 5.74. The third-order valence-corrected chi connectivity index (χ3v) is 2.50. The maximum Gasteiger partial charge on any atom is 0.272 e. The fourth-order valence-corrected chi connectivity index (χ4v) is 1.39. The second kappa shape index (κ2) is 7.08. The van der Waals surface area contributed by atoms with Crippen molar-refractivity contribution in [3.05, 3.63) is 29.6 Å². The van der Waals surface area contributed by atoms with E-state index in [-0.39, 0.29) is 12.0 Å². The zero-order valence-electron chi connectivity index (χ0n) is 11.2. The van der Waals surface area contributed by atoms with Crippen molar-refractivity contribution in [3.8, 4) is 0 Å². The van der Waals surface area contributed by atoms with E-state index in [1.807, 2.05) is 19.9 Å². The molecule has 0 aliphatic carbocycles. The summed E-state index contributed by atoms with van der Waals surface area (Å²) in [5.74, 6) is -0.106. The van der Waals surface area contributed by atoms with Crippen LogP contribution in [0, 0.1) is 0 Å². The molecule has 2 N–H and O–H groups in total. The van der Waals surface area contributed by atoms with Gasteiger partial charge in [0.25, 0.3) is 5.91 Å². The van der Waals surface area contributed by atoms with E-state index in [0.717, 1.165) is 5.56 Å². The highest BCUT2D eigenvalue weighted by atomic mass is 16.5. The predicted molar refractivity (Wildman–Crippen MR) is 70.2 cm³/mol. The van der Waals surface area contributed by atoms with Crippen LogP contribution in [0.5, 0.6) is 0 Å². The molecule has 1 amide bonds. The summed E-state index contributed by atoms with van der Waals surface area (Å²) in [6, 6.07) is 3.52. The van der Waals surface area contributed by atoms with Crippen molar-refractivity contribution in [2.24, 2.45) is 5.73 Å². The third kappa shape index (κ3) is 4.43. The van der Waals surface area contributed by atoms with Gasteiger partial charge >= 0.3 is 0 Å². The van der Waals surface area contributed by atoms with Crippen LogP contribution in [0.25, 0.3) is 0 Å². The second-order valence-electron chi connectivity index (χ2n) is 4.40. The molecule has 0 unspecified atom stereocenters. The van der Waals surface area contributed by atoms with E-state index < -0.39 is 0 Å². The fourth-order valence-electron chi connectivity index (χ4n) is 1.39. The summed E-state index contributed by atoms with van der Waals surface area (Å²) in [4.78, 5) is 17.7. The Morgan fingerprint density at radius 1 is 1.50 bits per heavy atom. The molecule has 1 heterocycles. The van der Waals surface area contributed by atoms with Crippen molar-refractivity contribution in [2.75, 3.05) is 20.2 Å². The first-order valence-electron chi connectivity index (χ1n) is 6.06. The van der Waals surface area contributed by atoms with Crippen LogP contribution in [0.4, 0.5) is 0 Å². The summed E-state index contributed by atoms with van der Waals surface area (Å²) in [5.41, 5.74) is 6.82. The van der Waals surface area contributed by atoms with Gasteiger partial charge < -0.3 is 15.4 Å². The van der Waals surface area contributed by atoms with Crippen LogP contribution >= 0.6 is 0 Å². The lowest BCUT2D eigenvalue weighted by atomic mass is 10.2. The van der Waals surface area contributed by atoms with Gasteiger partial charge in [0.05, 0.1) is 12.7 Å². The Labute approximate surface area is 108 Å². The number of amides is 1. The molecule has 100 valence electrons. The van der Waals surface area contributed by atoms with E-state index in [1.54, 1.807) is 24.2 Å². The molecule has 1 aromatic heterocycles. The van der Waals surface area contributed by atoms with Gasteiger partial charge in [-0.25, -0.2) is 0 Å². The number of pyridine rings is 1. The van der Waals surface area contributed by atoms with Crippen molar-refractivity contribution in [2.45, 2.75) is 26.5 Å². The minimum Gasteiger partial charge on any atom is -0.377 e. The highest BCUT2D eigenvalue weighted by molar-refractivity contribution is 5.92. The number of ether oxygens (including phenoxy) is 1.